The highest BCUT2D eigenvalue weighted by Crippen LogP contribution is 2.68. The highest BCUT2D eigenvalue weighted by atomic mass is 14.6. The van der Waals surface area contributed by atoms with Crippen LogP contribution in [-0.2, 0) is 0 Å². The van der Waals surface area contributed by atoms with E-state index in [1.807, 2.05) is 0 Å². The molecule has 2 atom stereocenters. The molecular weight excluding hydrogens is 120 g/mol. The van der Waals surface area contributed by atoms with Crippen molar-refractivity contribution in [1.82, 2.24) is 0 Å². The van der Waals surface area contributed by atoms with Crippen molar-refractivity contribution < 1.29 is 0 Å². The molecule has 0 aromatic heterocycles. The highest BCUT2D eigenvalue weighted by Gasteiger charge is 2.61. The average molecular weight is 136 g/mol. The Hall–Kier alpha value is -0.260. The molecule has 0 N–H and O–H groups in total. The van der Waals surface area contributed by atoms with Crippen molar-refractivity contribution in [2.75, 3.05) is 0 Å². The normalized spacial score (nSPS) is 58.7. The van der Waals surface area contributed by atoms with Crippen LogP contribution < -0.4 is 0 Å². The number of hydrogen-bond acceptors (Lipinski definition) is 0. The lowest BCUT2D eigenvalue weighted by Gasteiger charge is -2.50. The summed E-state index contributed by atoms with van der Waals surface area (Å²) in [7, 11) is 0. The summed E-state index contributed by atoms with van der Waals surface area (Å²) in [6.45, 7) is 11.3. The Morgan fingerprint density at radius 2 is 1.90 bits per heavy atom. The summed E-state index contributed by atoms with van der Waals surface area (Å²) in [4.78, 5) is 0. The first-order valence-corrected chi connectivity index (χ1v) is 4.26. The predicted octanol–water partition coefficient (Wildman–Crippen LogP) is 2.85. The Kier molecular flexibility index (Phi) is 0.962. The first-order valence-electron chi connectivity index (χ1n) is 4.26. The summed E-state index contributed by atoms with van der Waals surface area (Å²) in [5.41, 5.74) is 2.03. The number of rotatable bonds is 0. The topological polar surface area (TPSA) is 0 Å². The average Bonchev–Trinajstić information content (AvgIpc) is 2.27. The molecule has 2 bridgehead atoms. The van der Waals surface area contributed by atoms with Crippen LogP contribution in [0.25, 0.3) is 0 Å². The quantitative estimate of drug-likeness (QED) is 0.449. The van der Waals surface area contributed by atoms with Crippen molar-refractivity contribution in [2.45, 2.75) is 27.2 Å². The van der Waals surface area contributed by atoms with E-state index < -0.39 is 0 Å². The van der Waals surface area contributed by atoms with Crippen LogP contribution in [0.3, 0.4) is 0 Å². The fourth-order valence-electron chi connectivity index (χ4n) is 3.12. The zero-order chi connectivity index (χ0) is 7.52. The van der Waals surface area contributed by atoms with Crippen molar-refractivity contribution in [2.24, 2.45) is 23.2 Å². The standard InChI is InChI=1S/C10H16/c1-6-5-9-7(2)10(6,4)8(9)3/h7-9H,1,5H2,2-4H3. The first-order chi connectivity index (χ1) is 4.58. The molecule has 3 aliphatic rings. The van der Waals surface area contributed by atoms with E-state index in [4.69, 9.17) is 0 Å². The van der Waals surface area contributed by atoms with Gasteiger partial charge in [0.15, 0.2) is 0 Å². The summed E-state index contributed by atoms with van der Waals surface area (Å²) in [6, 6.07) is 0. The van der Waals surface area contributed by atoms with E-state index in [2.05, 4.69) is 27.4 Å². The summed E-state index contributed by atoms with van der Waals surface area (Å²) < 4.78 is 0. The van der Waals surface area contributed by atoms with Gasteiger partial charge in [-0.3, -0.25) is 0 Å². The fraction of sp³-hybridized carbons (Fsp3) is 0.800. The van der Waals surface area contributed by atoms with Gasteiger partial charge in [0, 0.05) is 0 Å². The van der Waals surface area contributed by atoms with E-state index in [1.165, 1.54) is 12.0 Å². The molecule has 0 amide bonds. The summed E-state index contributed by atoms with van der Waals surface area (Å²) in [5, 5.41) is 0. The molecule has 0 radical (unpaired) electrons. The van der Waals surface area contributed by atoms with Gasteiger partial charge in [-0.1, -0.05) is 32.9 Å². The second-order valence-electron chi connectivity index (χ2n) is 4.33. The molecule has 10 heavy (non-hydrogen) atoms. The summed E-state index contributed by atoms with van der Waals surface area (Å²) in [6.07, 6.45) is 1.30. The Labute approximate surface area is 63.3 Å². The Morgan fingerprint density at radius 3 is 2.00 bits per heavy atom. The lowest BCUT2D eigenvalue weighted by atomic mass is 9.54. The molecule has 3 aliphatic carbocycles. The highest BCUT2D eigenvalue weighted by molar-refractivity contribution is 5.29. The molecular formula is C10H16. The van der Waals surface area contributed by atoms with Crippen LogP contribution >= 0.6 is 0 Å². The minimum Gasteiger partial charge on any atom is -0.0993 e. The van der Waals surface area contributed by atoms with Crippen LogP contribution in [0.1, 0.15) is 27.2 Å². The molecule has 0 saturated heterocycles. The van der Waals surface area contributed by atoms with Crippen molar-refractivity contribution in [3.05, 3.63) is 12.2 Å². The van der Waals surface area contributed by atoms with E-state index in [1.54, 1.807) is 0 Å². The third-order valence-electron chi connectivity index (χ3n) is 4.42. The third-order valence-corrected chi connectivity index (χ3v) is 4.42. The Balaban J connectivity index is 2.38. The molecule has 0 aromatic carbocycles. The first kappa shape index (κ1) is 6.45. The molecule has 3 rings (SSSR count). The van der Waals surface area contributed by atoms with E-state index in [0.717, 1.165) is 17.8 Å². The number of allylic oxidation sites excluding steroid dienone is 1. The predicted molar refractivity (Wildman–Crippen MR) is 43.7 cm³/mol. The molecule has 56 valence electrons. The van der Waals surface area contributed by atoms with Crippen molar-refractivity contribution in [1.29, 1.82) is 0 Å². The number of fused-ring (bicyclic) bond motifs is 1. The lowest BCUT2D eigenvalue weighted by Crippen LogP contribution is -2.45. The van der Waals surface area contributed by atoms with E-state index in [9.17, 15) is 0 Å². The minimum atomic E-state index is 0.519. The largest absolute Gasteiger partial charge is 0.0993 e. The van der Waals surface area contributed by atoms with Gasteiger partial charge >= 0.3 is 0 Å². The lowest BCUT2D eigenvalue weighted by molar-refractivity contribution is -0.00117. The van der Waals surface area contributed by atoms with Crippen LogP contribution in [-0.4, -0.2) is 0 Å². The van der Waals surface area contributed by atoms with Crippen LogP contribution in [0.2, 0.25) is 0 Å². The van der Waals surface area contributed by atoms with E-state index >= 15 is 0 Å². The maximum Gasteiger partial charge on any atom is -0.00620 e. The van der Waals surface area contributed by atoms with Gasteiger partial charge in [-0.25, -0.2) is 0 Å². The van der Waals surface area contributed by atoms with Crippen LogP contribution in [0, 0.1) is 23.2 Å². The molecule has 3 fully saturated rings. The molecule has 0 aromatic rings. The van der Waals surface area contributed by atoms with Gasteiger partial charge in [0.2, 0.25) is 0 Å². The molecule has 0 aliphatic heterocycles. The Bertz CT molecular complexity index is 180. The maximum absolute atomic E-state index is 4.15. The number of hydrogen-bond donors (Lipinski definition) is 0. The monoisotopic (exact) mass is 136 g/mol. The van der Waals surface area contributed by atoms with Gasteiger partial charge in [-0.2, -0.15) is 0 Å². The van der Waals surface area contributed by atoms with Gasteiger partial charge in [0.1, 0.15) is 0 Å². The van der Waals surface area contributed by atoms with Gasteiger partial charge in [-0.15, -0.1) is 0 Å². The van der Waals surface area contributed by atoms with Crippen LogP contribution in [0.5, 0.6) is 0 Å². The van der Waals surface area contributed by atoms with Gasteiger partial charge in [-0.05, 0) is 29.6 Å². The molecule has 0 heteroatoms. The SMILES string of the molecule is C=C1CC2C(C)C1(C)C2C. The summed E-state index contributed by atoms with van der Waals surface area (Å²) in [5.74, 6) is 2.79. The molecule has 2 unspecified atom stereocenters. The maximum atomic E-state index is 4.15. The van der Waals surface area contributed by atoms with Crippen molar-refractivity contribution >= 4 is 0 Å². The minimum absolute atomic E-state index is 0.519. The second-order valence-corrected chi connectivity index (χ2v) is 4.33. The van der Waals surface area contributed by atoms with E-state index in [-0.39, 0.29) is 0 Å². The Morgan fingerprint density at radius 1 is 1.40 bits per heavy atom. The molecule has 0 nitrogen and oxygen atoms in total. The van der Waals surface area contributed by atoms with Gasteiger partial charge < -0.3 is 0 Å². The molecule has 0 spiro atoms. The zero-order valence-corrected chi connectivity index (χ0v) is 7.15. The summed E-state index contributed by atoms with van der Waals surface area (Å²) >= 11 is 0. The van der Waals surface area contributed by atoms with Crippen molar-refractivity contribution in [3.63, 3.8) is 0 Å². The van der Waals surface area contributed by atoms with Gasteiger partial charge in [0.05, 0.1) is 0 Å². The van der Waals surface area contributed by atoms with Crippen LogP contribution in [0.15, 0.2) is 12.2 Å². The zero-order valence-electron chi connectivity index (χ0n) is 7.15. The smallest absolute Gasteiger partial charge is 0.00620 e. The van der Waals surface area contributed by atoms with Gasteiger partial charge in [0.25, 0.3) is 0 Å². The van der Waals surface area contributed by atoms with Crippen molar-refractivity contribution in [3.8, 4) is 0 Å². The third kappa shape index (κ3) is 0.398. The second kappa shape index (κ2) is 1.49. The molecule has 0 heterocycles. The van der Waals surface area contributed by atoms with E-state index in [0.29, 0.717) is 5.41 Å². The molecule has 3 saturated carbocycles. The fourth-order valence-corrected chi connectivity index (χ4v) is 3.12. The van der Waals surface area contributed by atoms with Crippen LogP contribution in [0.4, 0.5) is 0 Å².